The average molecular weight is 326 g/mol. The summed E-state index contributed by atoms with van der Waals surface area (Å²) < 4.78 is 29.1. The van der Waals surface area contributed by atoms with Crippen molar-refractivity contribution in [1.29, 1.82) is 0 Å². The van der Waals surface area contributed by atoms with Crippen LogP contribution in [0.2, 0.25) is 5.02 Å². The van der Waals surface area contributed by atoms with E-state index in [0.29, 0.717) is 5.69 Å². The zero-order valence-electron chi connectivity index (χ0n) is 11.1. The Balaban J connectivity index is 2.25. The monoisotopic (exact) mass is 325 g/mol. The molecule has 2 rings (SSSR count). The summed E-state index contributed by atoms with van der Waals surface area (Å²) in [5.74, 6) is -0.818. The summed E-state index contributed by atoms with van der Waals surface area (Å²) in [5, 5.41) is 0.170. The number of halogens is 1. The molecule has 0 unspecified atom stereocenters. The van der Waals surface area contributed by atoms with Gasteiger partial charge in [0.05, 0.1) is 34.0 Å². The van der Waals surface area contributed by atoms with Crippen molar-refractivity contribution in [1.82, 2.24) is 4.98 Å². The molecule has 0 fully saturated rings. The molecule has 110 valence electrons. The molecular weight excluding hydrogens is 314 g/mol. The minimum absolute atomic E-state index is 0.0607. The van der Waals surface area contributed by atoms with Gasteiger partial charge in [-0.15, -0.1) is 0 Å². The molecule has 7 heteroatoms. The van der Waals surface area contributed by atoms with Gasteiger partial charge in [-0.05, 0) is 24.3 Å². The molecule has 0 N–H and O–H groups in total. The second-order valence-electron chi connectivity index (χ2n) is 4.22. The highest BCUT2D eigenvalue weighted by Crippen LogP contribution is 2.23. The molecule has 0 spiro atoms. The van der Waals surface area contributed by atoms with E-state index in [1.807, 2.05) is 0 Å². The first-order valence-electron chi connectivity index (χ1n) is 5.94. The molecule has 0 aliphatic heterocycles. The summed E-state index contributed by atoms with van der Waals surface area (Å²) >= 11 is 5.90. The highest BCUT2D eigenvalue weighted by Gasteiger charge is 2.19. The second kappa shape index (κ2) is 6.24. The van der Waals surface area contributed by atoms with Crippen molar-refractivity contribution >= 4 is 27.4 Å². The molecule has 1 heterocycles. The van der Waals surface area contributed by atoms with E-state index in [4.69, 9.17) is 11.6 Å². The maximum atomic E-state index is 12.3. The minimum atomic E-state index is -3.59. The molecule has 0 amide bonds. The number of ether oxygens (including phenoxy) is 1. The van der Waals surface area contributed by atoms with Crippen LogP contribution in [0.4, 0.5) is 0 Å². The topological polar surface area (TPSA) is 73.3 Å². The number of sulfone groups is 1. The predicted molar refractivity (Wildman–Crippen MR) is 77.9 cm³/mol. The third-order valence-electron chi connectivity index (χ3n) is 2.76. The Labute approximate surface area is 127 Å². The van der Waals surface area contributed by atoms with Crippen LogP contribution in [0.25, 0.3) is 0 Å². The predicted octanol–water partition coefficient (Wildman–Crippen LogP) is 2.50. The third kappa shape index (κ3) is 3.59. The van der Waals surface area contributed by atoms with Crippen molar-refractivity contribution in [3.8, 4) is 0 Å². The fourth-order valence-corrected chi connectivity index (χ4v) is 3.57. The lowest BCUT2D eigenvalue weighted by Crippen LogP contribution is -2.08. The average Bonchev–Trinajstić information content (AvgIpc) is 2.47. The van der Waals surface area contributed by atoms with Crippen molar-refractivity contribution in [3.05, 3.63) is 58.9 Å². The lowest BCUT2D eigenvalue weighted by atomic mass is 10.2. The molecule has 0 saturated heterocycles. The normalized spacial score (nSPS) is 11.1. The lowest BCUT2D eigenvalue weighted by Gasteiger charge is -2.06. The quantitative estimate of drug-likeness (QED) is 0.807. The molecule has 1 aromatic heterocycles. The maximum Gasteiger partial charge on any atom is 0.339 e. The van der Waals surface area contributed by atoms with E-state index < -0.39 is 15.8 Å². The van der Waals surface area contributed by atoms with Crippen molar-refractivity contribution in [2.45, 2.75) is 10.6 Å². The van der Waals surface area contributed by atoms with Crippen LogP contribution in [0.5, 0.6) is 0 Å². The number of rotatable bonds is 4. The van der Waals surface area contributed by atoms with Crippen LogP contribution in [0.3, 0.4) is 0 Å². The standard InChI is InChI=1S/C14H12ClNO4S/c1-20-14(17)10-6-7-11(16-8-10)9-21(18,19)13-5-3-2-4-12(13)15/h2-8H,9H2,1H3. The summed E-state index contributed by atoms with van der Waals surface area (Å²) in [4.78, 5) is 15.3. The van der Waals surface area contributed by atoms with E-state index in [1.165, 1.54) is 37.6 Å². The van der Waals surface area contributed by atoms with Crippen LogP contribution in [0.15, 0.2) is 47.5 Å². The van der Waals surface area contributed by atoms with E-state index >= 15 is 0 Å². The number of pyridine rings is 1. The van der Waals surface area contributed by atoms with Gasteiger partial charge in [0.15, 0.2) is 9.84 Å². The number of hydrogen-bond acceptors (Lipinski definition) is 5. The number of carbonyl (C=O) groups is 1. The van der Waals surface area contributed by atoms with Crippen LogP contribution in [-0.4, -0.2) is 26.5 Å². The number of carbonyl (C=O) groups excluding carboxylic acids is 1. The van der Waals surface area contributed by atoms with Gasteiger partial charge >= 0.3 is 5.97 Å². The molecular formula is C14H12ClNO4S. The van der Waals surface area contributed by atoms with E-state index in [0.717, 1.165) is 0 Å². The van der Waals surface area contributed by atoms with Crippen LogP contribution in [0, 0.1) is 0 Å². The van der Waals surface area contributed by atoms with Gasteiger partial charge in [-0.2, -0.15) is 0 Å². The van der Waals surface area contributed by atoms with Crippen molar-refractivity contribution in [2.24, 2.45) is 0 Å². The molecule has 0 aliphatic rings. The Bertz CT molecular complexity index is 757. The van der Waals surface area contributed by atoms with E-state index in [-0.39, 0.29) is 21.2 Å². The van der Waals surface area contributed by atoms with Crippen LogP contribution >= 0.6 is 11.6 Å². The van der Waals surface area contributed by atoms with Gasteiger partial charge in [-0.25, -0.2) is 13.2 Å². The Hall–Kier alpha value is -1.92. The molecule has 0 aliphatic carbocycles. The number of esters is 1. The summed E-state index contributed by atoms with van der Waals surface area (Å²) in [5.41, 5.74) is 0.582. The number of nitrogens with zero attached hydrogens (tertiary/aromatic N) is 1. The zero-order chi connectivity index (χ0) is 15.5. The fourth-order valence-electron chi connectivity index (χ4n) is 1.72. The van der Waals surface area contributed by atoms with Crippen LogP contribution in [-0.2, 0) is 20.3 Å². The molecule has 2 aromatic rings. The van der Waals surface area contributed by atoms with Gasteiger partial charge < -0.3 is 4.74 Å². The van der Waals surface area contributed by atoms with E-state index in [2.05, 4.69) is 9.72 Å². The molecule has 0 saturated carbocycles. The first kappa shape index (κ1) is 15.5. The second-order valence-corrected chi connectivity index (χ2v) is 6.58. The molecule has 0 bridgehead atoms. The van der Waals surface area contributed by atoms with Gasteiger partial charge in [-0.1, -0.05) is 23.7 Å². The molecule has 0 atom stereocenters. The first-order chi connectivity index (χ1) is 9.94. The highest BCUT2D eigenvalue weighted by atomic mass is 35.5. The van der Waals surface area contributed by atoms with Gasteiger partial charge in [-0.3, -0.25) is 4.98 Å². The smallest absolute Gasteiger partial charge is 0.339 e. The van der Waals surface area contributed by atoms with Gasteiger partial charge in [0.1, 0.15) is 0 Å². The minimum Gasteiger partial charge on any atom is -0.465 e. The van der Waals surface area contributed by atoms with Gasteiger partial charge in [0, 0.05) is 6.20 Å². The summed E-state index contributed by atoms with van der Waals surface area (Å²) in [7, 11) is -2.33. The van der Waals surface area contributed by atoms with Gasteiger partial charge in [0.25, 0.3) is 0 Å². The molecule has 0 radical (unpaired) electrons. The fraction of sp³-hybridized carbons (Fsp3) is 0.143. The SMILES string of the molecule is COC(=O)c1ccc(CS(=O)(=O)c2ccccc2Cl)nc1. The molecule has 1 aromatic carbocycles. The first-order valence-corrected chi connectivity index (χ1v) is 7.97. The summed E-state index contributed by atoms with van der Waals surface area (Å²) in [6.07, 6.45) is 1.28. The van der Waals surface area contributed by atoms with Crippen molar-refractivity contribution in [3.63, 3.8) is 0 Å². The largest absolute Gasteiger partial charge is 0.465 e. The van der Waals surface area contributed by atoms with Crippen molar-refractivity contribution < 1.29 is 17.9 Å². The van der Waals surface area contributed by atoms with Gasteiger partial charge in [0.2, 0.25) is 0 Å². The van der Waals surface area contributed by atoms with Crippen LogP contribution < -0.4 is 0 Å². The number of hydrogen-bond donors (Lipinski definition) is 0. The Morgan fingerprint density at radius 1 is 1.24 bits per heavy atom. The molecule has 5 nitrogen and oxygen atoms in total. The Kier molecular flexibility index (Phi) is 4.59. The van der Waals surface area contributed by atoms with Crippen molar-refractivity contribution in [2.75, 3.05) is 7.11 Å². The highest BCUT2D eigenvalue weighted by molar-refractivity contribution is 7.90. The van der Waals surface area contributed by atoms with E-state index in [1.54, 1.807) is 12.1 Å². The Morgan fingerprint density at radius 2 is 1.95 bits per heavy atom. The third-order valence-corrected chi connectivity index (χ3v) is 4.90. The van der Waals surface area contributed by atoms with E-state index in [9.17, 15) is 13.2 Å². The maximum absolute atomic E-state index is 12.3. The number of methoxy groups -OCH3 is 1. The summed E-state index contributed by atoms with van der Waals surface area (Å²) in [6.45, 7) is 0. The van der Waals surface area contributed by atoms with Crippen LogP contribution in [0.1, 0.15) is 16.1 Å². The summed E-state index contributed by atoms with van der Waals surface area (Å²) in [6, 6.07) is 9.16. The zero-order valence-corrected chi connectivity index (χ0v) is 12.7. The lowest BCUT2D eigenvalue weighted by molar-refractivity contribution is 0.0600. The number of benzene rings is 1. The molecule has 21 heavy (non-hydrogen) atoms. The number of aromatic nitrogens is 1. The Morgan fingerprint density at radius 3 is 2.52 bits per heavy atom.